The molecule has 0 aliphatic rings. The van der Waals surface area contributed by atoms with Crippen molar-refractivity contribution in [3.8, 4) is 11.3 Å². The fourth-order valence-electron chi connectivity index (χ4n) is 2.78. The maximum Gasteiger partial charge on any atom is 0.108 e. The maximum absolute atomic E-state index is 5.96. The first-order chi connectivity index (χ1) is 11.7. The number of benzene rings is 1. The second-order valence-electron chi connectivity index (χ2n) is 5.91. The molecule has 0 saturated heterocycles. The summed E-state index contributed by atoms with van der Waals surface area (Å²) in [6.45, 7) is 5.96. The third kappa shape index (κ3) is 3.86. The Morgan fingerprint density at radius 2 is 2.08 bits per heavy atom. The largest absolute Gasteiger partial charge is 0.333 e. The summed E-state index contributed by atoms with van der Waals surface area (Å²) in [5.41, 5.74) is 3.26. The van der Waals surface area contributed by atoms with Crippen LogP contribution in [0.5, 0.6) is 0 Å². The van der Waals surface area contributed by atoms with Crippen LogP contribution in [0.2, 0.25) is 5.02 Å². The summed E-state index contributed by atoms with van der Waals surface area (Å²) in [4.78, 5) is 4.37. The molecule has 6 heteroatoms. The first-order valence-corrected chi connectivity index (χ1v) is 8.56. The van der Waals surface area contributed by atoms with E-state index in [1.165, 1.54) is 0 Å². The van der Waals surface area contributed by atoms with Crippen molar-refractivity contribution in [3.63, 3.8) is 0 Å². The van der Waals surface area contributed by atoms with Crippen molar-refractivity contribution in [2.45, 2.75) is 39.4 Å². The molecule has 2 aromatic heterocycles. The van der Waals surface area contributed by atoms with Gasteiger partial charge in [-0.05, 0) is 24.6 Å². The van der Waals surface area contributed by atoms with E-state index in [9.17, 15) is 0 Å². The summed E-state index contributed by atoms with van der Waals surface area (Å²) in [6.07, 6.45) is 6.72. The Balaban J connectivity index is 1.63. The quantitative estimate of drug-likeness (QED) is 0.688. The molecule has 0 fully saturated rings. The average Bonchev–Trinajstić information content (AvgIpc) is 3.22. The van der Waals surface area contributed by atoms with E-state index in [1.807, 2.05) is 42.9 Å². The number of hydrogen-bond donors (Lipinski definition) is 2. The molecule has 0 aliphatic carbocycles. The zero-order valence-corrected chi connectivity index (χ0v) is 14.7. The standard InChI is InChI=1S/C18H22ClN5/c1-3-17-20-8-9-24(17)12-13(2)21-10-15-11-22-23-18(15)14-4-6-16(19)7-5-14/h4-9,11,13,21H,3,10,12H2,1-2H3,(H,22,23). The molecule has 24 heavy (non-hydrogen) atoms. The summed E-state index contributed by atoms with van der Waals surface area (Å²) >= 11 is 5.96. The molecule has 1 aromatic carbocycles. The van der Waals surface area contributed by atoms with Gasteiger partial charge in [0, 0.05) is 48.5 Å². The van der Waals surface area contributed by atoms with E-state index in [2.05, 4.69) is 38.9 Å². The first-order valence-electron chi connectivity index (χ1n) is 8.19. The minimum atomic E-state index is 0.331. The van der Waals surface area contributed by atoms with Gasteiger partial charge in [0.05, 0.1) is 11.9 Å². The molecular weight excluding hydrogens is 322 g/mol. The highest BCUT2D eigenvalue weighted by atomic mass is 35.5. The van der Waals surface area contributed by atoms with Gasteiger partial charge in [0.15, 0.2) is 0 Å². The smallest absolute Gasteiger partial charge is 0.108 e. The number of nitrogens with zero attached hydrogens (tertiary/aromatic N) is 3. The van der Waals surface area contributed by atoms with Crippen molar-refractivity contribution in [1.29, 1.82) is 0 Å². The number of nitrogens with one attached hydrogen (secondary N) is 2. The van der Waals surface area contributed by atoms with Crippen molar-refractivity contribution in [1.82, 2.24) is 25.1 Å². The lowest BCUT2D eigenvalue weighted by Crippen LogP contribution is -2.30. The first kappa shape index (κ1) is 16.7. The summed E-state index contributed by atoms with van der Waals surface area (Å²) in [7, 11) is 0. The van der Waals surface area contributed by atoms with E-state index < -0.39 is 0 Å². The van der Waals surface area contributed by atoms with Gasteiger partial charge < -0.3 is 9.88 Å². The fourth-order valence-corrected chi connectivity index (χ4v) is 2.90. The third-order valence-corrected chi connectivity index (χ3v) is 4.33. The van der Waals surface area contributed by atoms with Crippen molar-refractivity contribution < 1.29 is 0 Å². The number of halogens is 1. The molecule has 0 saturated carbocycles. The summed E-state index contributed by atoms with van der Waals surface area (Å²) in [6, 6.07) is 8.12. The van der Waals surface area contributed by atoms with Gasteiger partial charge >= 0.3 is 0 Å². The van der Waals surface area contributed by atoms with Gasteiger partial charge in [0.1, 0.15) is 5.82 Å². The second kappa shape index (κ2) is 7.64. The van der Waals surface area contributed by atoms with Gasteiger partial charge in [0.2, 0.25) is 0 Å². The molecule has 5 nitrogen and oxygen atoms in total. The Hall–Kier alpha value is -2.11. The van der Waals surface area contributed by atoms with E-state index in [4.69, 9.17) is 11.6 Å². The maximum atomic E-state index is 5.96. The van der Waals surface area contributed by atoms with Gasteiger partial charge in [-0.3, -0.25) is 5.10 Å². The van der Waals surface area contributed by atoms with Crippen LogP contribution in [-0.2, 0) is 19.5 Å². The molecule has 2 heterocycles. The van der Waals surface area contributed by atoms with Crippen LogP contribution in [0.1, 0.15) is 25.2 Å². The zero-order chi connectivity index (χ0) is 16.9. The minimum absolute atomic E-state index is 0.331. The van der Waals surface area contributed by atoms with Crippen LogP contribution in [0.4, 0.5) is 0 Å². The summed E-state index contributed by atoms with van der Waals surface area (Å²) in [5.74, 6) is 1.12. The highest BCUT2D eigenvalue weighted by Crippen LogP contribution is 2.22. The Labute approximate surface area is 147 Å². The van der Waals surface area contributed by atoms with Crippen LogP contribution in [0.15, 0.2) is 42.9 Å². The Morgan fingerprint density at radius 1 is 1.29 bits per heavy atom. The normalized spacial score (nSPS) is 12.5. The van der Waals surface area contributed by atoms with Gasteiger partial charge in [-0.25, -0.2) is 4.98 Å². The van der Waals surface area contributed by atoms with Gasteiger partial charge in [0.25, 0.3) is 0 Å². The van der Waals surface area contributed by atoms with E-state index in [1.54, 1.807) is 0 Å². The SMILES string of the molecule is CCc1nccn1CC(C)NCc1cn[nH]c1-c1ccc(Cl)cc1. The zero-order valence-electron chi connectivity index (χ0n) is 14.0. The molecule has 126 valence electrons. The van der Waals surface area contributed by atoms with E-state index in [0.717, 1.165) is 47.2 Å². The monoisotopic (exact) mass is 343 g/mol. The molecule has 3 aromatic rings. The lowest BCUT2D eigenvalue weighted by molar-refractivity contribution is 0.468. The predicted molar refractivity (Wildman–Crippen MR) is 96.9 cm³/mol. The highest BCUT2D eigenvalue weighted by molar-refractivity contribution is 6.30. The van der Waals surface area contributed by atoms with E-state index in [-0.39, 0.29) is 0 Å². The molecule has 2 N–H and O–H groups in total. The molecule has 0 aliphatic heterocycles. The number of aromatic nitrogens is 4. The van der Waals surface area contributed by atoms with Crippen molar-refractivity contribution in [3.05, 3.63) is 59.3 Å². The molecule has 1 atom stereocenters. The van der Waals surface area contributed by atoms with Gasteiger partial charge in [-0.1, -0.05) is 30.7 Å². The van der Waals surface area contributed by atoms with E-state index >= 15 is 0 Å². The summed E-state index contributed by atoms with van der Waals surface area (Å²) < 4.78 is 2.20. The topological polar surface area (TPSA) is 58.5 Å². The predicted octanol–water partition coefficient (Wildman–Crippen LogP) is 3.67. The van der Waals surface area contributed by atoms with Crippen molar-refractivity contribution in [2.24, 2.45) is 0 Å². The number of rotatable bonds is 7. The number of aryl methyl sites for hydroxylation is 1. The molecule has 1 unspecified atom stereocenters. The number of hydrogen-bond acceptors (Lipinski definition) is 3. The molecule has 0 amide bonds. The molecule has 0 radical (unpaired) electrons. The van der Waals surface area contributed by atoms with Crippen LogP contribution in [-0.4, -0.2) is 25.8 Å². The van der Waals surface area contributed by atoms with Crippen LogP contribution in [0.25, 0.3) is 11.3 Å². The van der Waals surface area contributed by atoms with Crippen molar-refractivity contribution in [2.75, 3.05) is 0 Å². The van der Waals surface area contributed by atoms with Crippen LogP contribution < -0.4 is 5.32 Å². The lowest BCUT2D eigenvalue weighted by Gasteiger charge is -2.16. The number of H-pyrrole nitrogens is 1. The van der Waals surface area contributed by atoms with Gasteiger partial charge in [-0.2, -0.15) is 5.10 Å². The van der Waals surface area contributed by atoms with Crippen LogP contribution in [0, 0.1) is 0 Å². The molecule has 0 spiro atoms. The van der Waals surface area contributed by atoms with Crippen molar-refractivity contribution >= 4 is 11.6 Å². The average molecular weight is 344 g/mol. The summed E-state index contributed by atoms with van der Waals surface area (Å²) in [5, 5.41) is 11.6. The Bertz CT molecular complexity index is 775. The third-order valence-electron chi connectivity index (χ3n) is 4.08. The Kier molecular flexibility index (Phi) is 5.33. The lowest BCUT2D eigenvalue weighted by atomic mass is 10.1. The number of aromatic amines is 1. The fraction of sp³-hybridized carbons (Fsp3) is 0.333. The Morgan fingerprint density at radius 3 is 2.83 bits per heavy atom. The second-order valence-corrected chi connectivity index (χ2v) is 6.34. The van der Waals surface area contributed by atoms with Crippen LogP contribution in [0.3, 0.4) is 0 Å². The molecule has 3 rings (SSSR count). The molecule has 0 bridgehead atoms. The highest BCUT2D eigenvalue weighted by Gasteiger charge is 2.10. The molecular formula is C18H22ClN5. The minimum Gasteiger partial charge on any atom is -0.333 e. The van der Waals surface area contributed by atoms with E-state index in [0.29, 0.717) is 6.04 Å². The number of imidazole rings is 1. The van der Waals surface area contributed by atoms with Crippen LogP contribution >= 0.6 is 11.6 Å². The van der Waals surface area contributed by atoms with Gasteiger partial charge in [-0.15, -0.1) is 0 Å².